The van der Waals surface area contributed by atoms with E-state index in [9.17, 15) is 31.9 Å². The summed E-state index contributed by atoms with van der Waals surface area (Å²) in [5, 5.41) is 6.43. The van der Waals surface area contributed by atoms with Crippen LogP contribution in [-0.4, -0.2) is 38.4 Å². The monoisotopic (exact) mass is 486 g/mol. The predicted octanol–water partition coefficient (Wildman–Crippen LogP) is 3.67. The first-order valence-electron chi connectivity index (χ1n) is 10.7. The maximum atomic E-state index is 13.8. The maximum absolute atomic E-state index is 13.8. The Kier molecular flexibility index (Phi) is 5.22. The number of hydrogen-bond acceptors (Lipinski definition) is 4. The number of nitrogens with zero attached hydrogens (tertiary/aromatic N) is 3. The molecule has 1 aromatic heterocycles. The second-order valence-corrected chi connectivity index (χ2v) is 8.49. The number of benzene rings is 2. The highest BCUT2D eigenvalue weighted by Crippen LogP contribution is 2.38. The molecule has 1 N–H and O–H groups in total. The van der Waals surface area contributed by atoms with Gasteiger partial charge in [0.2, 0.25) is 11.8 Å². The number of aryl methyl sites for hydroxylation is 1. The zero-order valence-corrected chi connectivity index (χ0v) is 18.3. The number of imide groups is 1. The number of rotatable bonds is 3. The van der Waals surface area contributed by atoms with E-state index in [4.69, 9.17) is 0 Å². The molecule has 5 rings (SSSR count). The first-order chi connectivity index (χ1) is 16.5. The van der Waals surface area contributed by atoms with E-state index in [1.165, 1.54) is 21.8 Å². The number of alkyl halides is 3. The summed E-state index contributed by atoms with van der Waals surface area (Å²) in [5.74, 6) is -2.60. The molecule has 1 unspecified atom stereocenters. The number of halogens is 4. The lowest BCUT2D eigenvalue weighted by molar-refractivity contribution is -0.140. The third kappa shape index (κ3) is 3.86. The molecule has 0 saturated carbocycles. The Labute approximate surface area is 196 Å². The van der Waals surface area contributed by atoms with Gasteiger partial charge in [-0.15, -0.1) is 0 Å². The van der Waals surface area contributed by atoms with Crippen LogP contribution in [0.3, 0.4) is 0 Å². The summed E-state index contributed by atoms with van der Waals surface area (Å²) in [6, 6.07) is 7.00. The minimum absolute atomic E-state index is 0.135. The Morgan fingerprint density at radius 3 is 2.49 bits per heavy atom. The van der Waals surface area contributed by atoms with E-state index in [1.54, 1.807) is 25.2 Å². The normalized spacial score (nSPS) is 18.1. The summed E-state index contributed by atoms with van der Waals surface area (Å²) in [4.78, 5) is 38.1. The lowest BCUT2D eigenvalue weighted by Gasteiger charge is -2.29. The topological polar surface area (TPSA) is 84.3 Å². The third-order valence-corrected chi connectivity index (χ3v) is 6.32. The highest BCUT2D eigenvalue weighted by molar-refractivity contribution is 6.05. The molecule has 11 heteroatoms. The highest BCUT2D eigenvalue weighted by atomic mass is 19.4. The number of carbonyl (C=O) groups excluding carboxylic acids is 3. The standard InChI is InChI=1S/C24H18F4N4O3/c1-31-21(13-3-5-18(25)17(9-13)24(26,27)28)16(10-29-31)12-2-4-15-14(8-12)11-32(23(15)35)19-6-7-20(33)30-22(19)34/h2-5,8-10,19H,6-7,11H2,1H3,(H,30,33,34). The summed E-state index contributed by atoms with van der Waals surface area (Å²) in [6.45, 7) is 0.151. The van der Waals surface area contributed by atoms with Gasteiger partial charge in [0, 0.05) is 36.7 Å². The molecular weight excluding hydrogens is 468 g/mol. The number of hydrogen-bond donors (Lipinski definition) is 1. The highest BCUT2D eigenvalue weighted by Gasteiger charge is 2.39. The van der Waals surface area contributed by atoms with Crippen molar-refractivity contribution in [2.75, 3.05) is 0 Å². The second kappa shape index (κ2) is 8.03. The van der Waals surface area contributed by atoms with Gasteiger partial charge in [0.05, 0.1) is 17.5 Å². The fourth-order valence-electron chi connectivity index (χ4n) is 4.62. The van der Waals surface area contributed by atoms with Crippen molar-refractivity contribution in [1.29, 1.82) is 0 Å². The summed E-state index contributed by atoms with van der Waals surface area (Å²) >= 11 is 0. The van der Waals surface area contributed by atoms with Crippen molar-refractivity contribution in [3.05, 3.63) is 65.1 Å². The van der Waals surface area contributed by atoms with Crippen LogP contribution in [0.1, 0.15) is 34.3 Å². The number of piperidine rings is 1. The first kappa shape index (κ1) is 22.8. The Morgan fingerprint density at radius 1 is 1.03 bits per heavy atom. The number of fused-ring (bicyclic) bond motifs is 1. The minimum Gasteiger partial charge on any atom is -0.322 e. The Bertz CT molecular complexity index is 1400. The van der Waals surface area contributed by atoms with Gasteiger partial charge in [0.25, 0.3) is 5.91 Å². The van der Waals surface area contributed by atoms with E-state index in [0.717, 1.165) is 12.1 Å². The average Bonchev–Trinajstić information content (AvgIpc) is 3.33. The van der Waals surface area contributed by atoms with Crippen molar-refractivity contribution in [3.63, 3.8) is 0 Å². The molecule has 0 bridgehead atoms. The van der Waals surface area contributed by atoms with Crippen LogP contribution in [0.5, 0.6) is 0 Å². The van der Waals surface area contributed by atoms with Crippen LogP contribution < -0.4 is 5.32 Å². The van der Waals surface area contributed by atoms with Crippen LogP contribution in [0.15, 0.2) is 42.6 Å². The largest absolute Gasteiger partial charge is 0.419 e. The summed E-state index contributed by atoms with van der Waals surface area (Å²) in [6.07, 6.45) is -3.00. The number of carbonyl (C=O) groups is 3. The van der Waals surface area contributed by atoms with Crippen LogP contribution in [0, 0.1) is 5.82 Å². The molecule has 2 aliphatic heterocycles. The zero-order valence-electron chi connectivity index (χ0n) is 18.3. The molecule has 3 heterocycles. The van der Waals surface area contributed by atoms with E-state index in [0.29, 0.717) is 27.9 Å². The van der Waals surface area contributed by atoms with Crippen molar-refractivity contribution in [1.82, 2.24) is 20.0 Å². The van der Waals surface area contributed by atoms with Gasteiger partial charge < -0.3 is 4.90 Å². The Morgan fingerprint density at radius 2 is 1.77 bits per heavy atom. The van der Waals surface area contributed by atoms with E-state index >= 15 is 0 Å². The molecule has 1 fully saturated rings. The maximum Gasteiger partial charge on any atom is 0.419 e. The lowest BCUT2D eigenvalue weighted by Crippen LogP contribution is -2.52. The van der Waals surface area contributed by atoms with Crippen molar-refractivity contribution < 1.29 is 31.9 Å². The van der Waals surface area contributed by atoms with Gasteiger partial charge >= 0.3 is 6.18 Å². The van der Waals surface area contributed by atoms with E-state index in [-0.39, 0.29) is 36.8 Å². The molecule has 0 aliphatic carbocycles. The Hall–Kier alpha value is -4.02. The first-order valence-corrected chi connectivity index (χ1v) is 10.7. The third-order valence-electron chi connectivity index (χ3n) is 6.32. The zero-order chi connectivity index (χ0) is 25.1. The molecule has 0 spiro atoms. The van der Waals surface area contributed by atoms with Gasteiger partial charge in [-0.25, -0.2) is 4.39 Å². The van der Waals surface area contributed by atoms with Crippen molar-refractivity contribution in [2.24, 2.45) is 7.05 Å². The van der Waals surface area contributed by atoms with Gasteiger partial charge in [-0.2, -0.15) is 18.3 Å². The number of amides is 3. The molecule has 3 amide bonds. The van der Waals surface area contributed by atoms with Gasteiger partial charge in [-0.05, 0) is 47.9 Å². The minimum atomic E-state index is -4.85. The quantitative estimate of drug-likeness (QED) is 0.452. The summed E-state index contributed by atoms with van der Waals surface area (Å²) in [7, 11) is 1.57. The molecule has 35 heavy (non-hydrogen) atoms. The van der Waals surface area contributed by atoms with Gasteiger partial charge in [-0.1, -0.05) is 6.07 Å². The fourth-order valence-corrected chi connectivity index (χ4v) is 4.62. The molecule has 7 nitrogen and oxygen atoms in total. The fraction of sp³-hybridized carbons (Fsp3) is 0.250. The average molecular weight is 486 g/mol. The Balaban J connectivity index is 1.51. The molecular formula is C24H18F4N4O3. The van der Waals surface area contributed by atoms with Crippen molar-refractivity contribution in [3.8, 4) is 22.4 Å². The smallest absolute Gasteiger partial charge is 0.322 e. The van der Waals surface area contributed by atoms with Crippen LogP contribution >= 0.6 is 0 Å². The summed E-state index contributed by atoms with van der Waals surface area (Å²) < 4.78 is 55.1. The van der Waals surface area contributed by atoms with Crippen LogP contribution in [0.2, 0.25) is 0 Å². The number of aromatic nitrogens is 2. The summed E-state index contributed by atoms with van der Waals surface area (Å²) in [5.41, 5.74) is 1.26. The van der Waals surface area contributed by atoms with Gasteiger partial charge in [0.15, 0.2) is 0 Å². The van der Waals surface area contributed by atoms with Crippen LogP contribution in [0.25, 0.3) is 22.4 Å². The molecule has 3 aromatic rings. The van der Waals surface area contributed by atoms with E-state index < -0.39 is 29.5 Å². The molecule has 2 aliphatic rings. The van der Waals surface area contributed by atoms with Gasteiger partial charge in [-0.3, -0.25) is 24.4 Å². The van der Waals surface area contributed by atoms with E-state index in [1.807, 2.05) is 0 Å². The number of nitrogens with one attached hydrogen (secondary N) is 1. The van der Waals surface area contributed by atoms with Crippen molar-refractivity contribution in [2.45, 2.75) is 31.6 Å². The molecule has 1 atom stereocenters. The molecule has 2 aromatic carbocycles. The molecule has 0 radical (unpaired) electrons. The van der Waals surface area contributed by atoms with Crippen LogP contribution in [-0.2, 0) is 29.4 Å². The molecule has 180 valence electrons. The lowest BCUT2D eigenvalue weighted by atomic mass is 9.97. The van der Waals surface area contributed by atoms with Gasteiger partial charge in [0.1, 0.15) is 11.9 Å². The van der Waals surface area contributed by atoms with E-state index in [2.05, 4.69) is 10.4 Å². The predicted molar refractivity (Wildman–Crippen MR) is 115 cm³/mol. The van der Waals surface area contributed by atoms with Crippen molar-refractivity contribution >= 4 is 17.7 Å². The van der Waals surface area contributed by atoms with Crippen LogP contribution in [0.4, 0.5) is 17.6 Å². The molecule has 1 saturated heterocycles. The second-order valence-electron chi connectivity index (χ2n) is 8.49. The SMILES string of the molecule is Cn1ncc(-c2ccc3c(c2)CN(C2CCC(=O)NC2=O)C3=O)c1-c1ccc(F)c(C(F)(F)F)c1.